The molecule has 76 valence electrons. The van der Waals surface area contributed by atoms with E-state index in [9.17, 15) is 0 Å². The van der Waals surface area contributed by atoms with E-state index in [0.717, 1.165) is 27.5 Å². The van der Waals surface area contributed by atoms with Gasteiger partial charge in [0.05, 0.1) is 16.1 Å². The van der Waals surface area contributed by atoms with Crippen LogP contribution in [-0.4, -0.2) is 9.36 Å². The third-order valence-electron chi connectivity index (χ3n) is 2.10. The molecule has 2 N–H and O–H groups in total. The van der Waals surface area contributed by atoms with Gasteiger partial charge in [-0.05, 0) is 18.5 Å². The number of fused-ring (bicyclic) bond motifs is 1. The Bertz CT molecular complexity index is 619. The van der Waals surface area contributed by atoms with Crippen LogP contribution in [-0.2, 0) is 0 Å². The summed E-state index contributed by atoms with van der Waals surface area (Å²) in [6.07, 6.45) is 0. The third-order valence-corrected chi connectivity index (χ3v) is 4.82. The average molecular weight is 253 g/mol. The summed E-state index contributed by atoms with van der Waals surface area (Å²) in [7, 11) is 0. The molecule has 0 saturated carbocycles. The van der Waals surface area contributed by atoms with Gasteiger partial charge in [-0.15, -0.1) is 22.7 Å². The highest BCUT2D eigenvalue weighted by atomic mass is 32.2. The molecule has 0 unspecified atom stereocenters. The van der Waals surface area contributed by atoms with Crippen molar-refractivity contribution in [2.24, 2.45) is 0 Å². The number of nitrogens with two attached hydrogens (primary N) is 1. The van der Waals surface area contributed by atoms with Crippen LogP contribution < -0.4 is 5.73 Å². The highest BCUT2D eigenvalue weighted by molar-refractivity contribution is 7.35. The Morgan fingerprint density at radius 1 is 1.27 bits per heavy atom. The van der Waals surface area contributed by atoms with Gasteiger partial charge in [0.2, 0.25) is 0 Å². The van der Waals surface area contributed by atoms with E-state index in [1.54, 1.807) is 22.7 Å². The fourth-order valence-corrected chi connectivity index (χ4v) is 3.81. The van der Waals surface area contributed by atoms with Crippen molar-refractivity contribution in [3.8, 4) is 11.4 Å². The lowest BCUT2D eigenvalue weighted by molar-refractivity contribution is 1.29. The van der Waals surface area contributed by atoms with Crippen molar-refractivity contribution in [3.05, 3.63) is 15.8 Å². The minimum Gasteiger partial charge on any atom is -0.397 e. The topological polar surface area (TPSA) is 51.8 Å². The molecule has 0 amide bonds. The summed E-state index contributed by atoms with van der Waals surface area (Å²) in [5, 5.41) is 6.11. The zero-order chi connectivity index (χ0) is 10.4. The molecule has 0 spiro atoms. The highest BCUT2D eigenvalue weighted by Crippen LogP contribution is 2.38. The Kier molecular flexibility index (Phi) is 2.01. The number of hydrogen-bond donors (Lipinski definition) is 1. The fraction of sp³-hybridized carbons (Fsp3) is 0.111. The van der Waals surface area contributed by atoms with E-state index in [2.05, 4.69) is 9.36 Å². The molecular weight excluding hydrogens is 246 g/mol. The third kappa shape index (κ3) is 1.37. The quantitative estimate of drug-likeness (QED) is 0.723. The average Bonchev–Trinajstić information content (AvgIpc) is 2.84. The molecule has 3 aromatic rings. The van der Waals surface area contributed by atoms with E-state index in [-0.39, 0.29) is 0 Å². The summed E-state index contributed by atoms with van der Waals surface area (Å²) in [4.78, 5) is 4.44. The van der Waals surface area contributed by atoms with Gasteiger partial charge in [0.1, 0.15) is 15.4 Å². The monoisotopic (exact) mass is 253 g/mol. The van der Waals surface area contributed by atoms with Crippen molar-refractivity contribution < 1.29 is 0 Å². The van der Waals surface area contributed by atoms with E-state index < -0.39 is 0 Å². The summed E-state index contributed by atoms with van der Waals surface area (Å²) in [5.41, 5.74) is 8.60. The molecule has 0 bridgehead atoms. The first-order valence-electron chi connectivity index (χ1n) is 4.30. The number of nitrogen functional groups attached to an aromatic ring is 1. The van der Waals surface area contributed by atoms with Gasteiger partial charge in [0.15, 0.2) is 0 Å². The van der Waals surface area contributed by atoms with Crippen LogP contribution in [0.4, 0.5) is 5.69 Å². The summed E-state index contributed by atoms with van der Waals surface area (Å²) in [6, 6.07) is 0. The number of nitrogens with zero attached hydrogens (tertiary/aromatic N) is 2. The van der Waals surface area contributed by atoms with E-state index in [4.69, 9.17) is 5.73 Å². The molecule has 0 radical (unpaired) electrons. The molecule has 0 saturated heterocycles. The Morgan fingerprint density at radius 2 is 2.13 bits per heavy atom. The number of thiophene rings is 1. The molecule has 0 aliphatic rings. The molecule has 3 nitrogen and oxygen atoms in total. The van der Waals surface area contributed by atoms with Gasteiger partial charge in [-0.1, -0.05) is 0 Å². The summed E-state index contributed by atoms with van der Waals surface area (Å²) < 4.78 is 5.59. The second-order valence-electron chi connectivity index (χ2n) is 3.14. The van der Waals surface area contributed by atoms with Crippen molar-refractivity contribution in [2.45, 2.75) is 6.92 Å². The van der Waals surface area contributed by atoms with Crippen LogP contribution in [0.1, 0.15) is 5.01 Å². The number of anilines is 1. The number of hydrogen-bond acceptors (Lipinski definition) is 6. The molecule has 3 heterocycles. The van der Waals surface area contributed by atoms with Crippen LogP contribution in [0.2, 0.25) is 0 Å². The standard InChI is InChI=1S/C9H7N3S3/c1-4-11-6(3-13-4)8-7-5(10)2-14-9(7)15-12-8/h2-3H,10H2,1H3. The molecule has 0 aliphatic carbocycles. The molecule has 3 aromatic heterocycles. The lowest BCUT2D eigenvalue weighted by Gasteiger charge is -1.90. The van der Waals surface area contributed by atoms with E-state index in [0.29, 0.717) is 0 Å². The summed E-state index contributed by atoms with van der Waals surface area (Å²) >= 11 is 4.77. The predicted molar refractivity (Wildman–Crippen MR) is 67.8 cm³/mol. The molecule has 6 heteroatoms. The van der Waals surface area contributed by atoms with Crippen molar-refractivity contribution in [3.63, 3.8) is 0 Å². The maximum atomic E-state index is 5.92. The number of aromatic nitrogens is 2. The Balaban J connectivity index is 2.30. The first-order valence-corrected chi connectivity index (χ1v) is 6.84. The van der Waals surface area contributed by atoms with E-state index in [1.807, 2.05) is 17.7 Å². The lowest BCUT2D eigenvalue weighted by atomic mass is 10.2. The minimum absolute atomic E-state index is 0.810. The van der Waals surface area contributed by atoms with Crippen LogP contribution in [0.3, 0.4) is 0 Å². The fourth-order valence-electron chi connectivity index (χ4n) is 1.43. The van der Waals surface area contributed by atoms with Crippen LogP contribution in [0, 0.1) is 6.92 Å². The van der Waals surface area contributed by atoms with Gasteiger partial charge >= 0.3 is 0 Å². The van der Waals surface area contributed by atoms with Crippen LogP contribution in [0.15, 0.2) is 10.8 Å². The molecule has 0 aromatic carbocycles. The van der Waals surface area contributed by atoms with E-state index in [1.165, 1.54) is 15.5 Å². The highest BCUT2D eigenvalue weighted by Gasteiger charge is 2.14. The molecular formula is C9H7N3S3. The smallest absolute Gasteiger partial charge is 0.114 e. The lowest BCUT2D eigenvalue weighted by Crippen LogP contribution is -1.83. The maximum Gasteiger partial charge on any atom is 0.114 e. The van der Waals surface area contributed by atoms with Crippen LogP contribution in [0.25, 0.3) is 20.8 Å². The van der Waals surface area contributed by atoms with Gasteiger partial charge < -0.3 is 5.73 Å². The predicted octanol–water partition coefficient (Wildman–Crippen LogP) is 3.37. The summed E-state index contributed by atoms with van der Waals surface area (Å²) in [6.45, 7) is 1.99. The Labute approximate surface area is 98.4 Å². The minimum atomic E-state index is 0.810. The first-order chi connectivity index (χ1) is 7.25. The van der Waals surface area contributed by atoms with Crippen molar-refractivity contribution in [2.75, 3.05) is 5.73 Å². The number of aryl methyl sites for hydroxylation is 1. The van der Waals surface area contributed by atoms with Gasteiger partial charge in [-0.3, -0.25) is 0 Å². The molecule has 3 rings (SSSR count). The first kappa shape index (κ1) is 9.26. The SMILES string of the molecule is Cc1nc(-c2nsc3scc(N)c23)cs1. The van der Waals surface area contributed by atoms with Gasteiger partial charge in [-0.2, -0.15) is 4.37 Å². The molecule has 0 aliphatic heterocycles. The van der Waals surface area contributed by atoms with Gasteiger partial charge in [0, 0.05) is 10.8 Å². The van der Waals surface area contributed by atoms with Gasteiger partial charge in [0.25, 0.3) is 0 Å². The second kappa shape index (κ2) is 3.26. The summed E-state index contributed by atoms with van der Waals surface area (Å²) in [5.74, 6) is 0. The zero-order valence-corrected chi connectivity index (χ0v) is 10.3. The number of rotatable bonds is 1. The van der Waals surface area contributed by atoms with E-state index >= 15 is 0 Å². The molecule has 0 atom stereocenters. The van der Waals surface area contributed by atoms with Crippen molar-refractivity contribution in [1.29, 1.82) is 0 Å². The Morgan fingerprint density at radius 3 is 2.87 bits per heavy atom. The largest absolute Gasteiger partial charge is 0.397 e. The molecule has 0 fully saturated rings. The van der Waals surface area contributed by atoms with Gasteiger partial charge in [-0.25, -0.2) is 4.98 Å². The zero-order valence-electron chi connectivity index (χ0n) is 7.85. The number of thiazole rings is 1. The molecule has 15 heavy (non-hydrogen) atoms. The maximum absolute atomic E-state index is 5.92. The normalized spacial score (nSPS) is 11.3. The van der Waals surface area contributed by atoms with Crippen LogP contribution >= 0.6 is 34.2 Å². The van der Waals surface area contributed by atoms with Crippen LogP contribution in [0.5, 0.6) is 0 Å². The van der Waals surface area contributed by atoms with Crippen molar-refractivity contribution in [1.82, 2.24) is 9.36 Å². The Hall–Kier alpha value is -0.980. The second-order valence-corrected chi connectivity index (χ2v) is 6.11. The van der Waals surface area contributed by atoms with Crippen molar-refractivity contribution >= 4 is 49.3 Å².